The Bertz CT molecular complexity index is 1280. The molecule has 1 aromatic carbocycles. The molecule has 9 heteroatoms. The van der Waals surface area contributed by atoms with Crippen LogP contribution in [0, 0.1) is 0 Å². The van der Waals surface area contributed by atoms with Crippen LogP contribution in [0.5, 0.6) is 0 Å². The molecule has 5 rings (SSSR count). The van der Waals surface area contributed by atoms with E-state index < -0.39 is 0 Å². The lowest BCUT2D eigenvalue weighted by Crippen LogP contribution is -2.42. The van der Waals surface area contributed by atoms with Gasteiger partial charge in [-0.05, 0) is 31.0 Å². The number of aryl methyl sites for hydroxylation is 1. The molecular formula is C21H24N8O. The number of hydrogen-bond acceptors (Lipinski definition) is 7. The number of anilines is 3. The van der Waals surface area contributed by atoms with Gasteiger partial charge in [0.25, 0.3) is 5.56 Å². The van der Waals surface area contributed by atoms with Gasteiger partial charge in [-0.25, -0.2) is 10.1 Å². The Morgan fingerprint density at radius 1 is 1.27 bits per heavy atom. The molecule has 1 saturated carbocycles. The molecule has 0 amide bonds. The SMILES string of the molecule is Cn1cc2c(Nc3nc(NC4CCCCC4N)cc4cn[nH]c(=O)c34)cccc2n1. The van der Waals surface area contributed by atoms with Crippen molar-refractivity contribution in [3.05, 3.63) is 47.0 Å². The zero-order chi connectivity index (χ0) is 20.7. The number of aromatic nitrogens is 5. The molecule has 0 spiro atoms. The van der Waals surface area contributed by atoms with Crippen LogP contribution in [0.3, 0.4) is 0 Å². The van der Waals surface area contributed by atoms with Gasteiger partial charge in [-0.2, -0.15) is 10.2 Å². The average Bonchev–Trinajstić information content (AvgIpc) is 3.11. The molecule has 0 bridgehead atoms. The third-order valence-corrected chi connectivity index (χ3v) is 5.72. The predicted molar refractivity (Wildman–Crippen MR) is 118 cm³/mol. The van der Waals surface area contributed by atoms with Crippen LogP contribution >= 0.6 is 0 Å². The monoisotopic (exact) mass is 404 g/mol. The number of aromatic amines is 1. The fourth-order valence-electron chi connectivity index (χ4n) is 4.21. The van der Waals surface area contributed by atoms with Crippen LogP contribution in [0.1, 0.15) is 25.7 Å². The number of benzene rings is 1. The maximum atomic E-state index is 12.6. The molecule has 154 valence electrons. The second-order valence-corrected chi connectivity index (χ2v) is 7.88. The predicted octanol–water partition coefficient (Wildman–Crippen LogP) is 2.63. The molecule has 2 unspecified atom stereocenters. The zero-order valence-electron chi connectivity index (χ0n) is 16.7. The molecule has 3 heterocycles. The fraction of sp³-hybridized carbons (Fsp3) is 0.333. The van der Waals surface area contributed by atoms with E-state index >= 15 is 0 Å². The lowest BCUT2D eigenvalue weighted by Gasteiger charge is -2.30. The standard InChI is InChI=1S/C21H24N8O/c1-29-11-13-15(7-4-8-16(13)28-29)25-20-19-12(10-23-27-21(19)30)9-18(26-20)24-17-6-3-2-5-14(17)22/h4,7-11,14,17H,2-3,5-6,22H2,1H3,(H,27,30)(H2,24,25,26). The van der Waals surface area contributed by atoms with E-state index in [2.05, 4.69) is 25.9 Å². The summed E-state index contributed by atoms with van der Waals surface area (Å²) in [7, 11) is 1.88. The number of nitrogens with two attached hydrogens (primary N) is 1. The van der Waals surface area contributed by atoms with E-state index in [0.29, 0.717) is 22.4 Å². The van der Waals surface area contributed by atoms with Crippen molar-refractivity contribution in [1.82, 2.24) is 25.0 Å². The first kappa shape index (κ1) is 18.6. The molecule has 1 aliphatic carbocycles. The normalized spacial score (nSPS) is 19.3. The van der Waals surface area contributed by atoms with E-state index in [4.69, 9.17) is 10.7 Å². The van der Waals surface area contributed by atoms with Crippen LogP contribution in [-0.2, 0) is 7.05 Å². The second-order valence-electron chi connectivity index (χ2n) is 7.88. The van der Waals surface area contributed by atoms with Crippen molar-refractivity contribution in [2.24, 2.45) is 12.8 Å². The van der Waals surface area contributed by atoms with E-state index in [9.17, 15) is 4.79 Å². The smallest absolute Gasteiger partial charge is 0.275 e. The lowest BCUT2D eigenvalue weighted by molar-refractivity contribution is 0.403. The molecule has 2 atom stereocenters. The van der Waals surface area contributed by atoms with Crippen molar-refractivity contribution in [2.45, 2.75) is 37.8 Å². The van der Waals surface area contributed by atoms with Gasteiger partial charge in [0, 0.05) is 36.1 Å². The number of hydrogen-bond donors (Lipinski definition) is 4. The maximum Gasteiger partial charge on any atom is 0.275 e. The molecule has 30 heavy (non-hydrogen) atoms. The van der Waals surface area contributed by atoms with Crippen molar-refractivity contribution in [2.75, 3.05) is 10.6 Å². The van der Waals surface area contributed by atoms with Gasteiger partial charge in [-0.1, -0.05) is 18.9 Å². The van der Waals surface area contributed by atoms with Crippen molar-refractivity contribution in [3.63, 3.8) is 0 Å². The van der Waals surface area contributed by atoms with Crippen LogP contribution in [0.4, 0.5) is 17.3 Å². The van der Waals surface area contributed by atoms with Gasteiger partial charge >= 0.3 is 0 Å². The van der Waals surface area contributed by atoms with E-state index in [1.807, 2.05) is 37.5 Å². The minimum Gasteiger partial charge on any atom is -0.366 e. The first-order chi connectivity index (χ1) is 14.6. The van der Waals surface area contributed by atoms with Crippen LogP contribution in [-0.4, -0.2) is 37.0 Å². The average molecular weight is 404 g/mol. The first-order valence-corrected chi connectivity index (χ1v) is 10.2. The highest BCUT2D eigenvalue weighted by Crippen LogP contribution is 2.30. The Balaban J connectivity index is 1.59. The van der Waals surface area contributed by atoms with Crippen LogP contribution in [0.15, 0.2) is 41.5 Å². The molecule has 4 aromatic rings. The second kappa shape index (κ2) is 7.42. The summed E-state index contributed by atoms with van der Waals surface area (Å²) in [4.78, 5) is 17.3. The van der Waals surface area contributed by atoms with Crippen molar-refractivity contribution < 1.29 is 0 Å². The summed E-state index contributed by atoms with van der Waals surface area (Å²) in [5.74, 6) is 1.15. The summed E-state index contributed by atoms with van der Waals surface area (Å²) < 4.78 is 1.76. The van der Waals surface area contributed by atoms with Crippen LogP contribution in [0.25, 0.3) is 21.7 Å². The molecule has 0 radical (unpaired) electrons. The third kappa shape index (κ3) is 3.37. The Morgan fingerprint density at radius 2 is 2.13 bits per heavy atom. The molecule has 1 aliphatic rings. The highest BCUT2D eigenvalue weighted by molar-refractivity contribution is 5.98. The van der Waals surface area contributed by atoms with Gasteiger partial charge in [0.05, 0.1) is 22.8 Å². The zero-order valence-corrected chi connectivity index (χ0v) is 16.7. The molecule has 1 fully saturated rings. The van der Waals surface area contributed by atoms with E-state index in [-0.39, 0.29) is 17.6 Å². The summed E-state index contributed by atoms with van der Waals surface area (Å²) >= 11 is 0. The molecule has 0 aliphatic heterocycles. The van der Waals surface area contributed by atoms with Gasteiger partial charge in [0.15, 0.2) is 0 Å². The van der Waals surface area contributed by atoms with Gasteiger partial charge < -0.3 is 16.4 Å². The number of nitrogens with one attached hydrogen (secondary N) is 3. The maximum absolute atomic E-state index is 12.6. The molecule has 0 saturated heterocycles. The number of pyridine rings is 1. The Kier molecular flexibility index (Phi) is 4.59. The summed E-state index contributed by atoms with van der Waals surface area (Å²) in [5.41, 5.74) is 7.71. The Labute approximate surface area is 172 Å². The number of fused-ring (bicyclic) bond motifs is 2. The quantitative estimate of drug-likeness (QED) is 0.412. The summed E-state index contributed by atoms with van der Waals surface area (Å²) in [6.07, 6.45) is 7.89. The van der Waals surface area contributed by atoms with Gasteiger partial charge in [0.2, 0.25) is 0 Å². The molecular weight excluding hydrogens is 380 g/mol. The van der Waals surface area contributed by atoms with Gasteiger partial charge in [-0.3, -0.25) is 9.48 Å². The van der Waals surface area contributed by atoms with Crippen molar-refractivity contribution >= 4 is 39.0 Å². The van der Waals surface area contributed by atoms with E-state index in [0.717, 1.165) is 42.3 Å². The highest BCUT2D eigenvalue weighted by Gasteiger charge is 2.22. The number of nitrogens with zero attached hydrogens (tertiary/aromatic N) is 4. The van der Waals surface area contributed by atoms with Crippen LogP contribution < -0.4 is 21.9 Å². The molecule has 9 nitrogen and oxygen atoms in total. The largest absolute Gasteiger partial charge is 0.366 e. The van der Waals surface area contributed by atoms with Crippen molar-refractivity contribution in [3.8, 4) is 0 Å². The third-order valence-electron chi connectivity index (χ3n) is 5.72. The molecule has 3 aromatic heterocycles. The minimum absolute atomic E-state index is 0.0918. The number of rotatable bonds is 4. The Morgan fingerprint density at radius 3 is 3.00 bits per heavy atom. The summed E-state index contributed by atoms with van der Waals surface area (Å²) in [6.45, 7) is 0. The van der Waals surface area contributed by atoms with E-state index in [1.165, 1.54) is 0 Å². The van der Waals surface area contributed by atoms with Gasteiger partial charge in [0.1, 0.15) is 11.6 Å². The highest BCUT2D eigenvalue weighted by atomic mass is 16.1. The first-order valence-electron chi connectivity index (χ1n) is 10.2. The number of H-pyrrole nitrogens is 1. The summed E-state index contributed by atoms with van der Waals surface area (Å²) in [6, 6.07) is 7.93. The Hall–Kier alpha value is -3.46. The summed E-state index contributed by atoms with van der Waals surface area (Å²) in [5, 5.41) is 19.9. The topological polar surface area (TPSA) is 127 Å². The molecule has 5 N–H and O–H groups in total. The lowest BCUT2D eigenvalue weighted by atomic mass is 9.91. The fourth-order valence-corrected chi connectivity index (χ4v) is 4.21. The minimum atomic E-state index is -0.290. The van der Waals surface area contributed by atoms with Crippen LogP contribution in [0.2, 0.25) is 0 Å². The van der Waals surface area contributed by atoms with Crippen molar-refractivity contribution in [1.29, 1.82) is 0 Å². The van der Waals surface area contributed by atoms with E-state index in [1.54, 1.807) is 10.9 Å². The van der Waals surface area contributed by atoms with Gasteiger partial charge in [-0.15, -0.1) is 0 Å².